The molecule has 1 aliphatic heterocycles. The molecule has 1 aromatic carbocycles. The molecule has 1 heterocycles. The van der Waals surface area contributed by atoms with E-state index < -0.39 is 0 Å². The molecule has 146 valence electrons. The second kappa shape index (κ2) is 10.7. The van der Waals surface area contributed by atoms with Gasteiger partial charge in [0, 0.05) is 30.5 Å². The summed E-state index contributed by atoms with van der Waals surface area (Å²) >= 11 is 1.90. The Kier molecular flexibility index (Phi) is 8.59. The van der Waals surface area contributed by atoms with Crippen molar-refractivity contribution in [3.63, 3.8) is 0 Å². The lowest BCUT2D eigenvalue weighted by molar-refractivity contribution is -0.122. The van der Waals surface area contributed by atoms with E-state index in [1.54, 1.807) is 7.11 Å². The maximum atomic E-state index is 12.3. The van der Waals surface area contributed by atoms with E-state index in [1.807, 2.05) is 36.9 Å². The monoisotopic (exact) mass is 380 g/mol. The molecule has 0 spiro atoms. The fourth-order valence-corrected chi connectivity index (χ4v) is 3.78. The average Bonchev–Trinajstić information content (AvgIpc) is 2.62. The van der Waals surface area contributed by atoms with Crippen molar-refractivity contribution < 1.29 is 14.3 Å². The van der Waals surface area contributed by atoms with Crippen LogP contribution in [0.4, 0.5) is 0 Å². The van der Waals surface area contributed by atoms with Crippen LogP contribution in [0.1, 0.15) is 45.2 Å². The van der Waals surface area contributed by atoms with Crippen molar-refractivity contribution in [3.05, 3.63) is 23.8 Å². The maximum Gasteiger partial charge on any atom is 0.222 e. The fourth-order valence-electron chi connectivity index (χ4n) is 2.84. The van der Waals surface area contributed by atoms with Crippen LogP contribution in [0.5, 0.6) is 11.5 Å². The molecule has 1 aliphatic rings. The number of methoxy groups -OCH3 is 1. The lowest BCUT2D eigenvalue weighted by Crippen LogP contribution is -2.41. The summed E-state index contributed by atoms with van der Waals surface area (Å²) in [5.74, 6) is 4.26. The number of carbonyl (C=O) groups excluding carboxylic acids is 1. The molecule has 2 atom stereocenters. The van der Waals surface area contributed by atoms with Gasteiger partial charge in [-0.15, -0.1) is 0 Å². The Labute approximate surface area is 161 Å². The number of benzene rings is 1. The topological polar surface area (TPSA) is 59.6 Å². The minimum absolute atomic E-state index is 0.0719. The smallest absolute Gasteiger partial charge is 0.222 e. The normalized spacial score (nSPS) is 18.4. The maximum absolute atomic E-state index is 12.3. The summed E-state index contributed by atoms with van der Waals surface area (Å²) in [6.45, 7) is 8.00. The molecule has 0 aromatic heterocycles. The summed E-state index contributed by atoms with van der Waals surface area (Å²) in [6.07, 6.45) is 1.52. The molecule has 6 heteroatoms. The number of ether oxygens (including phenoxy) is 2. The van der Waals surface area contributed by atoms with Crippen molar-refractivity contribution in [2.75, 3.05) is 31.8 Å². The summed E-state index contributed by atoms with van der Waals surface area (Å²) in [4.78, 5) is 12.3. The molecule has 2 unspecified atom stereocenters. The van der Waals surface area contributed by atoms with Crippen LogP contribution in [0.2, 0.25) is 0 Å². The van der Waals surface area contributed by atoms with E-state index in [0.717, 1.165) is 35.8 Å². The third kappa shape index (κ3) is 6.72. The molecule has 1 fully saturated rings. The zero-order chi connectivity index (χ0) is 18.9. The Balaban J connectivity index is 1.90. The second-order valence-electron chi connectivity index (χ2n) is 7.16. The predicted octanol–water partition coefficient (Wildman–Crippen LogP) is 3.39. The standard InChI is InChI=1S/C20H32N2O3S/c1-14(2)7-9-25-18-6-5-16(11-19(18)24-4)15(3)22-20(23)12-17-13-26-10-8-21-17/h5-6,11,14-15,17,21H,7-10,12-13H2,1-4H3,(H,22,23). The molecule has 5 nitrogen and oxygen atoms in total. The molecule has 0 radical (unpaired) electrons. The predicted molar refractivity (Wildman–Crippen MR) is 108 cm³/mol. The van der Waals surface area contributed by atoms with Crippen LogP contribution in [0.3, 0.4) is 0 Å². The fraction of sp³-hybridized carbons (Fsp3) is 0.650. The first-order valence-corrected chi connectivity index (χ1v) is 10.6. The average molecular weight is 381 g/mol. The number of carbonyl (C=O) groups is 1. The van der Waals surface area contributed by atoms with Crippen LogP contribution >= 0.6 is 11.8 Å². The van der Waals surface area contributed by atoms with Crippen LogP contribution in [0, 0.1) is 5.92 Å². The highest BCUT2D eigenvalue weighted by Gasteiger charge is 2.19. The van der Waals surface area contributed by atoms with Crippen molar-refractivity contribution in [3.8, 4) is 11.5 Å². The molecule has 1 saturated heterocycles. The molecule has 0 aliphatic carbocycles. The van der Waals surface area contributed by atoms with Gasteiger partial charge in [-0.25, -0.2) is 0 Å². The highest BCUT2D eigenvalue weighted by atomic mass is 32.2. The zero-order valence-corrected chi connectivity index (χ0v) is 17.2. The molecular formula is C20H32N2O3S. The Morgan fingerprint density at radius 3 is 2.81 bits per heavy atom. The lowest BCUT2D eigenvalue weighted by atomic mass is 10.1. The Morgan fingerprint density at radius 2 is 2.15 bits per heavy atom. The van der Waals surface area contributed by atoms with E-state index in [4.69, 9.17) is 9.47 Å². The van der Waals surface area contributed by atoms with Crippen LogP contribution in [0.15, 0.2) is 18.2 Å². The summed E-state index contributed by atoms with van der Waals surface area (Å²) in [5.41, 5.74) is 1.01. The van der Waals surface area contributed by atoms with E-state index >= 15 is 0 Å². The van der Waals surface area contributed by atoms with Crippen LogP contribution in [-0.2, 0) is 4.79 Å². The third-order valence-electron chi connectivity index (χ3n) is 4.45. The molecule has 0 bridgehead atoms. The molecule has 2 N–H and O–H groups in total. The number of hydrogen-bond acceptors (Lipinski definition) is 5. The minimum Gasteiger partial charge on any atom is -0.493 e. The van der Waals surface area contributed by atoms with E-state index in [-0.39, 0.29) is 18.0 Å². The van der Waals surface area contributed by atoms with Gasteiger partial charge in [-0.3, -0.25) is 4.79 Å². The first-order valence-electron chi connectivity index (χ1n) is 9.40. The van der Waals surface area contributed by atoms with Crippen molar-refractivity contribution in [2.24, 2.45) is 5.92 Å². The lowest BCUT2D eigenvalue weighted by Gasteiger charge is -2.23. The van der Waals surface area contributed by atoms with E-state index in [1.165, 1.54) is 0 Å². The summed E-state index contributed by atoms with van der Waals surface area (Å²) < 4.78 is 11.3. The molecule has 0 saturated carbocycles. The van der Waals surface area contributed by atoms with Gasteiger partial charge in [0.2, 0.25) is 5.91 Å². The van der Waals surface area contributed by atoms with Gasteiger partial charge < -0.3 is 20.1 Å². The number of amides is 1. The van der Waals surface area contributed by atoms with Crippen molar-refractivity contribution in [2.45, 2.75) is 45.7 Å². The summed E-state index contributed by atoms with van der Waals surface area (Å²) in [7, 11) is 1.64. The largest absolute Gasteiger partial charge is 0.493 e. The highest BCUT2D eigenvalue weighted by Crippen LogP contribution is 2.30. The van der Waals surface area contributed by atoms with Gasteiger partial charge >= 0.3 is 0 Å². The van der Waals surface area contributed by atoms with Gasteiger partial charge in [-0.05, 0) is 37.0 Å². The third-order valence-corrected chi connectivity index (χ3v) is 5.58. The summed E-state index contributed by atoms with van der Waals surface area (Å²) in [5, 5.41) is 6.49. The van der Waals surface area contributed by atoms with Gasteiger partial charge in [-0.1, -0.05) is 19.9 Å². The molecular weight excluding hydrogens is 348 g/mol. The van der Waals surface area contributed by atoms with Crippen molar-refractivity contribution in [1.82, 2.24) is 10.6 Å². The Hall–Kier alpha value is -1.40. The van der Waals surface area contributed by atoms with Crippen molar-refractivity contribution in [1.29, 1.82) is 0 Å². The number of nitrogens with one attached hydrogen (secondary N) is 2. The highest BCUT2D eigenvalue weighted by molar-refractivity contribution is 7.99. The number of rotatable bonds is 9. The Morgan fingerprint density at radius 1 is 1.35 bits per heavy atom. The molecule has 26 heavy (non-hydrogen) atoms. The van der Waals surface area contributed by atoms with Crippen LogP contribution in [-0.4, -0.2) is 43.7 Å². The zero-order valence-electron chi connectivity index (χ0n) is 16.3. The molecule has 1 amide bonds. The summed E-state index contributed by atoms with van der Waals surface area (Å²) in [6, 6.07) is 6.07. The van der Waals surface area contributed by atoms with Crippen LogP contribution < -0.4 is 20.1 Å². The number of hydrogen-bond donors (Lipinski definition) is 2. The van der Waals surface area contributed by atoms with Gasteiger partial charge in [0.25, 0.3) is 0 Å². The Bertz CT molecular complexity index is 574. The quantitative estimate of drug-likeness (QED) is 0.688. The second-order valence-corrected chi connectivity index (χ2v) is 8.31. The van der Waals surface area contributed by atoms with E-state index in [0.29, 0.717) is 24.7 Å². The van der Waals surface area contributed by atoms with Gasteiger partial charge in [0.15, 0.2) is 11.5 Å². The molecule has 2 rings (SSSR count). The SMILES string of the molecule is COc1cc(C(C)NC(=O)CC2CSCCN2)ccc1OCCC(C)C. The van der Waals surface area contributed by atoms with Gasteiger partial charge in [0.05, 0.1) is 19.8 Å². The van der Waals surface area contributed by atoms with Gasteiger partial charge in [0.1, 0.15) is 0 Å². The first-order chi connectivity index (χ1) is 12.5. The van der Waals surface area contributed by atoms with E-state index in [2.05, 4.69) is 24.5 Å². The number of thioether (sulfide) groups is 1. The molecule has 1 aromatic rings. The van der Waals surface area contributed by atoms with Crippen molar-refractivity contribution >= 4 is 17.7 Å². The first kappa shape index (κ1) is 20.9. The van der Waals surface area contributed by atoms with Crippen LogP contribution in [0.25, 0.3) is 0 Å². The van der Waals surface area contributed by atoms with E-state index in [9.17, 15) is 4.79 Å². The minimum atomic E-state index is -0.0719. The van der Waals surface area contributed by atoms with Gasteiger partial charge in [-0.2, -0.15) is 11.8 Å².